The first kappa shape index (κ1) is 23.5. The highest BCUT2D eigenvalue weighted by molar-refractivity contribution is 8.00. The lowest BCUT2D eigenvalue weighted by atomic mass is 10.1. The van der Waals surface area contributed by atoms with E-state index in [2.05, 4.69) is 10.6 Å². The molecule has 1 aromatic rings. The number of aliphatic carboxylic acids is 1. The van der Waals surface area contributed by atoms with Crippen molar-refractivity contribution in [3.63, 3.8) is 0 Å². The van der Waals surface area contributed by atoms with Gasteiger partial charge in [0.1, 0.15) is 11.6 Å². The topological polar surface area (TPSA) is 125 Å². The van der Waals surface area contributed by atoms with Crippen molar-refractivity contribution in [1.29, 1.82) is 0 Å². The zero-order valence-corrected chi connectivity index (χ0v) is 17.6. The number of halogens is 1. The summed E-state index contributed by atoms with van der Waals surface area (Å²) in [7, 11) is 0. The second-order valence-electron chi connectivity index (χ2n) is 7.55. The predicted octanol–water partition coefficient (Wildman–Crippen LogP) is 1.97. The smallest absolute Gasteiger partial charge is 0.330 e. The molecule has 1 aliphatic heterocycles. The number of thioether (sulfide) groups is 1. The lowest BCUT2D eigenvalue weighted by Gasteiger charge is -2.27. The summed E-state index contributed by atoms with van der Waals surface area (Å²) >= 11 is 0.801. The molecule has 0 radical (unpaired) electrons. The van der Waals surface area contributed by atoms with Gasteiger partial charge in [-0.05, 0) is 38.5 Å². The minimum Gasteiger partial charge on any atom is -0.481 e. The molecule has 11 heteroatoms. The Morgan fingerprint density at radius 2 is 2.00 bits per heavy atom. The van der Waals surface area contributed by atoms with E-state index in [1.165, 1.54) is 6.07 Å². The van der Waals surface area contributed by atoms with Crippen LogP contribution in [0.15, 0.2) is 24.3 Å². The Balaban J connectivity index is 1.92. The van der Waals surface area contributed by atoms with Crippen molar-refractivity contribution in [3.8, 4) is 0 Å². The number of ether oxygens (including phenoxy) is 1. The van der Waals surface area contributed by atoms with Crippen molar-refractivity contribution >= 4 is 41.3 Å². The van der Waals surface area contributed by atoms with E-state index in [0.29, 0.717) is 11.3 Å². The summed E-state index contributed by atoms with van der Waals surface area (Å²) in [5.41, 5.74) is -1.66. The Labute approximate surface area is 177 Å². The first-order valence-electron chi connectivity index (χ1n) is 9.11. The van der Waals surface area contributed by atoms with Crippen LogP contribution >= 0.6 is 11.8 Å². The van der Waals surface area contributed by atoms with Gasteiger partial charge >= 0.3 is 18.0 Å². The van der Waals surface area contributed by atoms with Crippen LogP contribution in [0.5, 0.6) is 0 Å². The molecule has 1 fully saturated rings. The number of amides is 3. The van der Waals surface area contributed by atoms with Crippen molar-refractivity contribution in [3.05, 3.63) is 29.8 Å². The van der Waals surface area contributed by atoms with E-state index in [9.17, 15) is 23.6 Å². The lowest BCUT2D eigenvalue weighted by molar-refractivity contribution is -0.164. The number of alkyl halides is 1. The fourth-order valence-electron chi connectivity index (χ4n) is 2.67. The third kappa shape index (κ3) is 6.90. The Morgan fingerprint density at radius 3 is 2.63 bits per heavy atom. The molecule has 0 aromatic heterocycles. The van der Waals surface area contributed by atoms with Gasteiger partial charge in [0.15, 0.2) is 0 Å². The Hall–Kier alpha value is -2.82. The molecular formula is C19H24FN3O6S. The molecular weight excluding hydrogens is 417 g/mol. The number of anilines is 1. The van der Waals surface area contributed by atoms with Gasteiger partial charge in [0.25, 0.3) is 0 Å². The Bertz CT molecular complexity index is 829. The average molecular weight is 441 g/mol. The molecule has 2 rings (SSSR count). The van der Waals surface area contributed by atoms with Gasteiger partial charge < -0.3 is 20.5 Å². The number of hydrogen-bond donors (Lipinski definition) is 3. The van der Waals surface area contributed by atoms with Crippen molar-refractivity contribution < 1.29 is 33.4 Å². The number of carbonyl (C=O) groups excluding carboxylic acids is 3. The van der Waals surface area contributed by atoms with Crippen LogP contribution in [-0.4, -0.2) is 63.5 Å². The van der Waals surface area contributed by atoms with Gasteiger partial charge in [0, 0.05) is 11.4 Å². The van der Waals surface area contributed by atoms with Crippen molar-refractivity contribution in [2.75, 3.05) is 17.6 Å². The van der Waals surface area contributed by atoms with Gasteiger partial charge in [0.05, 0.1) is 13.0 Å². The second kappa shape index (κ2) is 9.79. The molecule has 164 valence electrons. The van der Waals surface area contributed by atoms with Crippen LogP contribution < -0.4 is 10.6 Å². The number of hydrogen-bond acceptors (Lipinski definition) is 6. The molecule has 3 N–H and O–H groups in total. The molecule has 0 aliphatic carbocycles. The molecule has 0 saturated carbocycles. The average Bonchev–Trinajstić information content (AvgIpc) is 3.00. The van der Waals surface area contributed by atoms with Gasteiger partial charge in [-0.25, -0.2) is 14.0 Å². The van der Waals surface area contributed by atoms with Crippen molar-refractivity contribution in [2.45, 2.75) is 44.5 Å². The maximum Gasteiger partial charge on any atom is 0.330 e. The summed E-state index contributed by atoms with van der Waals surface area (Å²) in [4.78, 5) is 48.3. The van der Waals surface area contributed by atoms with Crippen LogP contribution in [0.1, 0.15) is 26.3 Å². The SMILES string of the molecule is CC(C)(C)OC(=O)[C@@H]1CS[C@@H](F)N1C(=O)CNC(=O)Nc1cccc(CC(=O)O)c1. The van der Waals surface area contributed by atoms with Crippen molar-refractivity contribution in [2.24, 2.45) is 0 Å². The normalized spacial score (nSPS) is 18.6. The maximum absolute atomic E-state index is 14.2. The molecule has 0 unspecified atom stereocenters. The summed E-state index contributed by atoms with van der Waals surface area (Å²) in [6.07, 6.45) is -0.202. The number of carboxylic acid groups (broad SMARTS) is 1. The highest BCUT2D eigenvalue weighted by Crippen LogP contribution is 2.31. The summed E-state index contributed by atoms with van der Waals surface area (Å²) < 4.78 is 19.4. The summed E-state index contributed by atoms with van der Waals surface area (Å²) in [5, 5.41) is 13.6. The standard InChI is InChI=1S/C19H24FN3O6S/c1-19(2,3)29-16(27)13-10-30-17(20)23(13)14(24)9-21-18(28)22-12-6-4-5-11(7-12)8-15(25)26/h4-7,13,17H,8-10H2,1-3H3,(H,25,26)(H2,21,22,28)/t13-,17-/m0/s1. The molecule has 1 heterocycles. The molecule has 1 aliphatic rings. The first-order chi connectivity index (χ1) is 14.0. The molecule has 1 saturated heterocycles. The minimum atomic E-state index is -1.72. The number of esters is 1. The van der Waals surface area contributed by atoms with E-state index in [4.69, 9.17) is 9.84 Å². The van der Waals surface area contributed by atoms with E-state index in [0.717, 1.165) is 16.7 Å². The van der Waals surface area contributed by atoms with Gasteiger partial charge in [0.2, 0.25) is 11.5 Å². The Kier molecular flexibility index (Phi) is 7.65. The Morgan fingerprint density at radius 1 is 1.30 bits per heavy atom. The molecule has 2 atom stereocenters. The van der Waals surface area contributed by atoms with E-state index in [1.807, 2.05) is 0 Å². The molecule has 0 spiro atoms. The maximum atomic E-state index is 14.2. The third-order valence-corrected chi connectivity index (χ3v) is 4.86. The zero-order valence-electron chi connectivity index (χ0n) is 16.8. The van der Waals surface area contributed by atoms with Crippen LogP contribution in [0, 0.1) is 0 Å². The van der Waals surface area contributed by atoms with Crippen LogP contribution in [0.2, 0.25) is 0 Å². The number of carboxylic acids is 1. The number of carbonyl (C=O) groups is 4. The van der Waals surface area contributed by atoms with Crippen LogP contribution in [0.3, 0.4) is 0 Å². The van der Waals surface area contributed by atoms with Gasteiger partial charge in [-0.3, -0.25) is 14.5 Å². The molecule has 9 nitrogen and oxygen atoms in total. The van der Waals surface area contributed by atoms with Gasteiger partial charge in [-0.2, -0.15) is 0 Å². The lowest BCUT2D eigenvalue weighted by Crippen LogP contribution is -2.50. The number of nitrogens with zero attached hydrogens (tertiary/aromatic N) is 1. The fraction of sp³-hybridized carbons (Fsp3) is 0.474. The number of benzene rings is 1. The van der Waals surface area contributed by atoms with E-state index in [1.54, 1.807) is 39.0 Å². The summed E-state index contributed by atoms with van der Waals surface area (Å²) in [6, 6.07) is 4.42. The summed E-state index contributed by atoms with van der Waals surface area (Å²) in [5.74, 6) is -2.42. The van der Waals surface area contributed by atoms with Gasteiger partial charge in [-0.1, -0.05) is 12.1 Å². The van der Waals surface area contributed by atoms with Crippen molar-refractivity contribution in [1.82, 2.24) is 10.2 Å². The van der Waals surface area contributed by atoms with E-state index >= 15 is 0 Å². The minimum absolute atomic E-state index is 0.0599. The van der Waals surface area contributed by atoms with Crippen LogP contribution in [0.4, 0.5) is 14.9 Å². The largest absolute Gasteiger partial charge is 0.481 e. The highest BCUT2D eigenvalue weighted by atomic mass is 32.2. The second-order valence-corrected chi connectivity index (χ2v) is 8.61. The van der Waals surface area contributed by atoms with Crippen LogP contribution in [0.25, 0.3) is 0 Å². The predicted molar refractivity (Wildman–Crippen MR) is 109 cm³/mol. The quantitative estimate of drug-likeness (QED) is 0.455. The first-order valence-corrected chi connectivity index (χ1v) is 10.2. The molecule has 1 aromatic carbocycles. The van der Waals surface area contributed by atoms with E-state index in [-0.39, 0.29) is 12.2 Å². The highest BCUT2D eigenvalue weighted by Gasteiger charge is 2.43. The number of rotatable bonds is 6. The van der Waals surface area contributed by atoms with E-state index < -0.39 is 47.7 Å². The molecule has 30 heavy (non-hydrogen) atoms. The monoisotopic (exact) mass is 441 g/mol. The number of nitrogens with one attached hydrogen (secondary N) is 2. The van der Waals surface area contributed by atoms with Gasteiger partial charge in [-0.15, -0.1) is 11.8 Å². The third-order valence-electron chi connectivity index (χ3n) is 3.85. The fourth-order valence-corrected chi connectivity index (χ4v) is 3.73. The molecule has 0 bridgehead atoms. The summed E-state index contributed by atoms with van der Waals surface area (Å²) in [6.45, 7) is 4.48. The molecule has 3 amide bonds. The van der Waals surface area contributed by atoms with Crippen LogP contribution in [-0.2, 0) is 25.5 Å². The number of urea groups is 1. The zero-order chi connectivity index (χ0) is 22.5.